The minimum atomic E-state index is -4.41. The third kappa shape index (κ3) is 3.41. The number of piperidine rings is 1. The van der Waals surface area contributed by atoms with Crippen molar-refractivity contribution in [3.05, 3.63) is 34.9 Å². The average molecular weight is 370 g/mol. The molecular weight excluding hydrogens is 345 g/mol. The molecule has 4 nitrogen and oxygen atoms in total. The molecule has 1 heterocycles. The molecule has 0 bridgehead atoms. The molecule has 0 radical (unpaired) electrons. The lowest BCUT2D eigenvalue weighted by atomic mass is 9.73. The van der Waals surface area contributed by atoms with E-state index in [1.807, 2.05) is 0 Å². The van der Waals surface area contributed by atoms with Gasteiger partial charge in [0.1, 0.15) is 5.60 Å². The molecule has 1 atom stereocenters. The molecule has 1 aliphatic heterocycles. The first-order valence-corrected chi connectivity index (χ1v) is 8.85. The number of halogens is 3. The van der Waals surface area contributed by atoms with E-state index < -0.39 is 28.8 Å². The number of hydrogen-bond acceptors (Lipinski definition) is 3. The Kier molecular flexibility index (Phi) is 4.50. The summed E-state index contributed by atoms with van der Waals surface area (Å²) in [7, 11) is 0. The number of benzene rings is 1. The van der Waals surface area contributed by atoms with Gasteiger partial charge in [0, 0.05) is 19.1 Å². The van der Waals surface area contributed by atoms with Crippen molar-refractivity contribution in [1.29, 1.82) is 0 Å². The Hall–Kier alpha value is -1.76. The lowest BCUT2D eigenvalue weighted by molar-refractivity contribution is -0.138. The van der Waals surface area contributed by atoms with Gasteiger partial charge in [0.25, 0.3) is 0 Å². The normalized spacial score (nSPS) is 22.4. The highest BCUT2D eigenvalue weighted by Gasteiger charge is 2.50. The molecule has 1 saturated heterocycles. The zero-order chi connectivity index (χ0) is 19.3. The molecule has 1 amide bonds. The molecule has 1 unspecified atom stereocenters. The van der Waals surface area contributed by atoms with Crippen LogP contribution >= 0.6 is 0 Å². The monoisotopic (exact) mass is 370 g/mol. The summed E-state index contributed by atoms with van der Waals surface area (Å²) in [4.78, 5) is 13.8. The third-order valence-corrected chi connectivity index (χ3v) is 5.43. The Morgan fingerprint density at radius 3 is 2.38 bits per heavy atom. The van der Waals surface area contributed by atoms with Gasteiger partial charge in [-0.15, -0.1) is 0 Å². The fourth-order valence-electron chi connectivity index (χ4n) is 4.13. The molecule has 1 aromatic rings. The highest BCUT2D eigenvalue weighted by atomic mass is 19.4. The average Bonchev–Trinajstić information content (AvgIpc) is 2.78. The summed E-state index contributed by atoms with van der Waals surface area (Å²) in [5, 5.41) is 0. The van der Waals surface area contributed by atoms with Crippen molar-refractivity contribution in [3.63, 3.8) is 0 Å². The maximum Gasteiger partial charge on any atom is 0.416 e. The third-order valence-electron chi connectivity index (χ3n) is 5.43. The van der Waals surface area contributed by atoms with Gasteiger partial charge >= 0.3 is 12.3 Å². The molecular formula is C19H25F3N2O2. The van der Waals surface area contributed by atoms with Crippen molar-refractivity contribution in [2.75, 3.05) is 13.1 Å². The number of nitrogens with zero attached hydrogens (tertiary/aromatic N) is 1. The summed E-state index contributed by atoms with van der Waals surface area (Å²) in [6.07, 6.45) is -3.13. The maximum absolute atomic E-state index is 13.4. The van der Waals surface area contributed by atoms with Gasteiger partial charge in [0.05, 0.1) is 5.56 Å². The molecule has 26 heavy (non-hydrogen) atoms. The summed E-state index contributed by atoms with van der Waals surface area (Å²) in [5.41, 5.74) is 5.61. The second-order valence-electron chi connectivity index (χ2n) is 8.36. The van der Waals surface area contributed by atoms with Crippen molar-refractivity contribution >= 4 is 6.09 Å². The first-order valence-electron chi connectivity index (χ1n) is 8.85. The first-order chi connectivity index (χ1) is 11.9. The molecule has 1 aliphatic carbocycles. The number of fused-ring (bicyclic) bond motifs is 1. The number of hydrogen-bond donors (Lipinski definition) is 1. The second-order valence-corrected chi connectivity index (χ2v) is 8.36. The smallest absolute Gasteiger partial charge is 0.416 e. The van der Waals surface area contributed by atoms with Crippen LogP contribution in [0.3, 0.4) is 0 Å². The summed E-state index contributed by atoms with van der Waals surface area (Å²) < 4.78 is 45.5. The molecule has 1 spiro atoms. The van der Waals surface area contributed by atoms with Gasteiger partial charge < -0.3 is 15.4 Å². The summed E-state index contributed by atoms with van der Waals surface area (Å²) >= 11 is 0. The highest BCUT2D eigenvalue weighted by Crippen LogP contribution is 2.53. The van der Waals surface area contributed by atoms with E-state index in [0.717, 1.165) is 6.07 Å². The van der Waals surface area contributed by atoms with Gasteiger partial charge in [0.2, 0.25) is 0 Å². The number of likely N-dealkylation sites (tertiary alicyclic amines) is 1. The molecule has 0 saturated carbocycles. The van der Waals surface area contributed by atoms with Crippen LogP contribution in [0.2, 0.25) is 0 Å². The van der Waals surface area contributed by atoms with E-state index >= 15 is 0 Å². The number of amides is 1. The zero-order valence-corrected chi connectivity index (χ0v) is 15.3. The van der Waals surface area contributed by atoms with Crippen LogP contribution < -0.4 is 5.73 Å². The van der Waals surface area contributed by atoms with Crippen LogP contribution in [0.5, 0.6) is 0 Å². The molecule has 7 heteroatoms. The van der Waals surface area contributed by atoms with E-state index in [2.05, 4.69) is 0 Å². The van der Waals surface area contributed by atoms with Crippen LogP contribution in [0.25, 0.3) is 0 Å². The summed E-state index contributed by atoms with van der Waals surface area (Å²) in [6.45, 7) is 6.30. The fourth-order valence-corrected chi connectivity index (χ4v) is 4.13. The molecule has 1 aromatic carbocycles. The molecule has 144 valence electrons. The number of ether oxygens (including phenoxy) is 1. The zero-order valence-electron chi connectivity index (χ0n) is 15.3. The van der Waals surface area contributed by atoms with Crippen molar-refractivity contribution in [2.45, 2.75) is 57.9 Å². The summed E-state index contributed by atoms with van der Waals surface area (Å²) in [6, 6.07) is 3.62. The minimum Gasteiger partial charge on any atom is -0.444 e. The number of rotatable bonds is 0. The van der Waals surface area contributed by atoms with Gasteiger partial charge in [-0.05, 0) is 62.6 Å². The Bertz CT molecular complexity index is 702. The Labute approximate surface area is 151 Å². The fraction of sp³-hybridized carbons (Fsp3) is 0.632. The van der Waals surface area contributed by atoms with Gasteiger partial charge in [0.15, 0.2) is 0 Å². The molecule has 2 N–H and O–H groups in total. The van der Waals surface area contributed by atoms with E-state index in [0.29, 0.717) is 37.9 Å². The Balaban J connectivity index is 1.77. The molecule has 2 aliphatic rings. The highest BCUT2D eigenvalue weighted by molar-refractivity contribution is 5.68. The van der Waals surface area contributed by atoms with Crippen LogP contribution in [-0.4, -0.2) is 29.7 Å². The molecule has 1 fully saturated rings. The summed E-state index contributed by atoms with van der Waals surface area (Å²) in [5.74, 6) is 0. The SMILES string of the molecule is CC(C)(C)OC(=O)N1CCC2(CC1)Cc1cccc(C(F)(F)F)c1C2N. The van der Waals surface area contributed by atoms with Crippen LogP contribution in [0, 0.1) is 5.41 Å². The van der Waals surface area contributed by atoms with Gasteiger partial charge in [-0.3, -0.25) is 0 Å². The number of carbonyl (C=O) groups is 1. The second kappa shape index (κ2) is 6.15. The van der Waals surface area contributed by atoms with Crippen molar-refractivity contribution < 1.29 is 22.7 Å². The minimum absolute atomic E-state index is 0.228. The number of nitrogens with two attached hydrogens (primary N) is 1. The lowest BCUT2D eigenvalue weighted by Crippen LogP contribution is -2.47. The maximum atomic E-state index is 13.4. The largest absolute Gasteiger partial charge is 0.444 e. The van der Waals surface area contributed by atoms with Gasteiger partial charge in [-0.1, -0.05) is 12.1 Å². The first kappa shape index (κ1) is 19.0. The lowest BCUT2D eigenvalue weighted by Gasteiger charge is -2.42. The number of carbonyl (C=O) groups excluding carboxylic acids is 1. The van der Waals surface area contributed by atoms with E-state index in [9.17, 15) is 18.0 Å². The molecule has 3 rings (SSSR count). The predicted octanol–water partition coefficient (Wildman–Crippen LogP) is 4.28. The van der Waals surface area contributed by atoms with E-state index in [-0.39, 0.29) is 11.7 Å². The van der Waals surface area contributed by atoms with E-state index in [1.165, 1.54) is 6.07 Å². The predicted molar refractivity (Wildman–Crippen MR) is 91.6 cm³/mol. The van der Waals surface area contributed by atoms with Gasteiger partial charge in [-0.25, -0.2) is 4.79 Å². The topological polar surface area (TPSA) is 55.6 Å². The Morgan fingerprint density at radius 2 is 1.85 bits per heavy atom. The quantitative estimate of drug-likeness (QED) is 0.742. The van der Waals surface area contributed by atoms with Crippen molar-refractivity contribution in [2.24, 2.45) is 11.1 Å². The van der Waals surface area contributed by atoms with E-state index in [4.69, 9.17) is 10.5 Å². The van der Waals surface area contributed by atoms with Crippen LogP contribution in [0.4, 0.5) is 18.0 Å². The van der Waals surface area contributed by atoms with Crippen LogP contribution in [0.1, 0.15) is 56.3 Å². The van der Waals surface area contributed by atoms with Crippen LogP contribution in [0.15, 0.2) is 18.2 Å². The van der Waals surface area contributed by atoms with Gasteiger partial charge in [-0.2, -0.15) is 13.2 Å². The van der Waals surface area contributed by atoms with E-state index in [1.54, 1.807) is 31.7 Å². The molecule has 0 aromatic heterocycles. The van der Waals surface area contributed by atoms with Crippen molar-refractivity contribution in [3.8, 4) is 0 Å². The van der Waals surface area contributed by atoms with Crippen molar-refractivity contribution in [1.82, 2.24) is 4.90 Å². The van der Waals surface area contributed by atoms with Crippen LogP contribution in [-0.2, 0) is 17.3 Å². The Morgan fingerprint density at radius 1 is 1.23 bits per heavy atom. The number of alkyl halides is 3. The standard InChI is InChI=1S/C19H25F3N2O2/c1-17(2,3)26-16(25)24-9-7-18(8-10-24)11-12-5-4-6-13(19(20,21)22)14(12)15(18)23/h4-6,15H,7-11,23H2,1-3H3.